The fourth-order valence-electron chi connectivity index (χ4n) is 3.71. The van der Waals surface area contributed by atoms with Crippen LogP contribution in [0.4, 0.5) is 0 Å². The Bertz CT molecular complexity index is 354. The summed E-state index contributed by atoms with van der Waals surface area (Å²) in [7, 11) is 0. The Morgan fingerprint density at radius 3 is 2.57 bits per heavy atom. The van der Waals surface area contributed by atoms with Crippen molar-refractivity contribution in [1.82, 2.24) is 15.1 Å². The van der Waals surface area contributed by atoms with Crippen molar-refractivity contribution in [2.24, 2.45) is 5.73 Å². The van der Waals surface area contributed by atoms with E-state index in [1.165, 1.54) is 32.4 Å². The van der Waals surface area contributed by atoms with E-state index in [-0.39, 0.29) is 11.9 Å². The highest BCUT2D eigenvalue weighted by Gasteiger charge is 2.34. The number of primary amides is 1. The third kappa shape index (κ3) is 4.41. The Labute approximate surface area is 129 Å². The largest absolute Gasteiger partial charge is 0.368 e. The predicted molar refractivity (Wildman–Crippen MR) is 86.1 cm³/mol. The van der Waals surface area contributed by atoms with Crippen LogP contribution in [-0.4, -0.2) is 66.1 Å². The second-order valence-electron chi connectivity index (χ2n) is 7.23. The number of carbonyl (C=O) groups is 1. The van der Waals surface area contributed by atoms with Crippen molar-refractivity contribution < 1.29 is 4.79 Å². The quantitative estimate of drug-likeness (QED) is 0.729. The summed E-state index contributed by atoms with van der Waals surface area (Å²) in [6.07, 6.45) is 4.77. The van der Waals surface area contributed by atoms with E-state index in [2.05, 4.69) is 29.0 Å². The smallest absolute Gasteiger partial charge is 0.237 e. The van der Waals surface area contributed by atoms with Gasteiger partial charge >= 0.3 is 0 Å². The van der Waals surface area contributed by atoms with Crippen LogP contribution in [0.15, 0.2) is 0 Å². The molecule has 5 nitrogen and oxygen atoms in total. The zero-order chi connectivity index (χ0) is 15.5. The normalized spacial score (nSPS) is 27.3. The van der Waals surface area contributed by atoms with Gasteiger partial charge in [-0.25, -0.2) is 0 Å². The summed E-state index contributed by atoms with van der Waals surface area (Å²) in [6, 6.07) is 0.990. The number of nitrogens with zero attached hydrogens (tertiary/aromatic N) is 2. The Hall–Kier alpha value is -0.650. The van der Waals surface area contributed by atoms with Crippen molar-refractivity contribution in [3.05, 3.63) is 0 Å². The van der Waals surface area contributed by atoms with E-state index >= 15 is 0 Å². The molecular weight excluding hydrogens is 264 g/mol. The molecule has 21 heavy (non-hydrogen) atoms. The van der Waals surface area contributed by atoms with E-state index in [1.54, 1.807) is 0 Å². The standard InChI is InChI=1S/C16H32N4O/c1-13(2)18-16(3,15(17)21)7-11-19-10-6-14(12-19)20-8-4-5-9-20/h13-14,18H,4-12H2,1-3H3,(H2,17,21). The summed E-state index contributed by atoms with van der Waals surface area (Å²) in [5.74, 6) is -0.244. The Kier molecular flexibility index (Phi) is 5.63. The van der Waals surface area contributed by atoms with Crippen LogP contribution in [0.5, 0.6) is 0 Å². The molecule has 1 amide bonds. The number of hydrogen-bond donors (Lipinski definition) is 2. The van der Waals surface area contributed by atoms with Gasteiger partial charge in [0.05, 0.1) is 5.54 Å². The lowest BCUT2D eigenvalue weighted by Gasteiger charge is -2.32. The maximum atomic E-state index is 11.8. The van der Waals surface area contributed by atoms with Crippen LogP contribution in [0.3, 0.4) is 0 Å². The molecule has 122 valence electrons. The summed E-state index contributed by atoms with van der Waals surface area (Å²) in [5, 5.41) is 3.33. The number of nitrogens with one attached hydrogen (secondary N) is 1. The van der Waals surface area contributed by atoms with Gasteiger partial charge in [0.1, 0.15) is 0 Å². The number of hydrogen-bond acceptors (Lipinski definition) is 4. The maximum absolute atomic E-state index is 11.8. The fourth-order valence-corrected chi connectivity index (χ4v) is 3.71. The van der Waals surface area contributed by atoms with Crippen molar-refractivity contribution in [3.63, 3.8) is 0 Å². The molecule has 2 heterocycles. The van der Waals surface area contributed by atoms with Gasteiger partial charge in [-0.1, -0.05) is 0 Å². The number of carbonyl (C=O) groups excluding carboxylic acids is 1. The van der Waals surface area contributed by atoms with Crippen molar-refractivity contribution in [2.45, 2.75) is 64.1 Å². The van der Waals surface area contributed by atoms with E-state index in [4.69, 9.17) is 5.73 Å². The van der Waals surface area contributed by atoms with Gasteiger partial charge in [0, 0.05) is 25.2 Å². The third-order valence-electron chi connectivity index (χ3n) is 4.98. The Balaban J connectivity index is 1.80. The lowest BCUT2D eigenvalue weighted by atomic mass is 9.95. The van der Waals surface area contributed by atoms with Gasteiger partial charge in [0.25, 0.3) is 0 Å². The Morgan fingerprint density at radius 2 is 2.00 bits per heavy atom. The van der Waals surface area contributed by atoms with Crippen LogP contribution in [0.2, 0.25) is 0 Å². The maximum Gasteiger partial charge on any atom is 0.237 e. The van der Waals surface area contributed by atoms with Gasteiger partial charge in [0.2, 0.25) is 5.91 Å². The molecule has 0 bridgehead atoms. The molecule has 0 radical (unpaired) electrons. The van der Waals surface area contributed by atoms with Gasteiger partial charge in [-0.15, -0.1) is 0 Å². The number of amides is 1. The third-order valence-corrected chi connectivity index (χ3v) is 4.98. The zero-order valence-corrected chi connectivity index (χ0v) is 13.9. The first-order valence-electron chi connectivity index (χ1n) is 8.45. The van der Waals surface area contributed by atoms with Gasteiger partial charge in [-0.2, -0.15) is 0 Å². The van der Waals surface area contributed by atoms with E-state index in [0.717, 1.165) is 32.1 Å². The minimum absolute atomic E-state index is 0.244. The second-order valence-corrected chi connectivity index (χ2v) is 7.23. The molecular formula is C16H32N4O. The minimum Gasteiger partial charge on any atom is -0.368 e. The number of likely N-dealkylation sites (tertiary alicyclic amines) is 2. The summed E-state index contributed by atoms with van der Waals surface area (Å²) in [5.41, 5.74) is 5.01. The zero-order valence-electron chi connectivity index (χ0n) is 13.9. The van der Waals surface area contributed by atoms with Crippen molar-refractivity contribution in [1.29, 1.82) is 0 Å². The molecule has 0 aliphatic carbocycles. The van der Waals surface area contributed by atoms with Crippen molar-refractivity contribution in [2.75, 3.05) is 32.7 Å². The average molecular weight is 296 g/mol. The minimum atomic E-state index is -0.597. The molecule has 2 atom stereocenters. The Morgan fingerprint density at radius 1 is 1.33 bits per heavy atom. The van der Waals surface area contributed by atoms with Gasteiger partial charge in [-0.05, 0) is 66.1 Å². The summed E-state index contributed by atoms with van der Waals surface area (Å²) in [4.78, 5) is 16.9. The highest BCUT2D eigenvalue weighted by atomic mass is 16.1. The number of nitrogens with two attached hydrogens (primary N) is 1. The highest BCUT2D eigenvalue weighted by Crippen LogP contribution is 2.21. The molecule has 0 aromatic rings. The molecule has 5 heteroatoms. The lowest BCUT2D eigenvalue weighted by Crippen LogP contribution is -2.56. The van der Waals surface area contributed by atoms with E-state index in [0.29, 0.717) is 0 Å². The van der Waals surface area contributed by atoms with E-state index in [9.17, 15) is 4.79 Å². The lowest BCUT2D eigenvalue weighted by molar-refractivity contribution is -0.124. The first kappa shape index (κ1) is 16.7. The molecule has 3 N–H and O–H groups in total. The molecule has 2 saturated heterocycles. The summed E-state index contributed by atoms with van der Waals surface area (Å²) < 4.78 is 0. The molecule has 2 rings (SSSR count). The highest BCUT2D eigenvalue weighted by molar-refractivity contribution is 5.84. The van der Waals surface area contributed by atoms with E-state index < -0.39 is 5.54 Å². The monoisotopic (exact) mass is 296 g/mol. The molecule has 0 aromatic carbocycles. The molecule has 0 spiro atoms. The van der Waals surface area contributed by atoms with Crippen molar-refractivity contribution >= 4 is 5.91 Å². The summed E-state index contributed by atoms with van der Waals surface area (Å²) in [6.45, 7) is 11.8. The van der Waals surface area contributed by atoms with Crippen LogP contribution < -0.4 is 11.1 Å². The molecule has 2 aliphatic rings. The molecule has 2 fully saturated rings. The summed E-state index contributed by atoms with van der Waals surface area (Å²) >= 11 is 0. The first-order valence-corrected chi connectivity index (χ1v) is 8.45. The van der Waals surface area contributed by atoms with Crippen molar-refractivity contribution in [3.8, 4) is 0 Å². The topological polar surface area (TPSA) is 61.6 Å². The van der Waals surface area contributed by atoms with Gasteiger partial charge < -0.3 is 16.0 Å². The molecule has 0 aromatic heterocycles. The molecule has 0 saturated carbocycles. The second kappa shape index (κ2) is 7.07. The fraction of sp³-hybridized carbons (Fsp3) is 0.938. The molecule has 2 aliphatic heterocycles. The van der Waals surface area contributed by atoms with Crippen LogP contribution in [-0.2, 0) is 4.79 Å². The molecule has 2 unspecified atom stereocenters. The van der Waals surface area contributed by atoms with E-state index in [1.807, 2.05) is 6.92 Å². The van der Waals surface area contributed by atoms with Crippen LogP contribution in [0.25, 0.3) is 0 Å². The van der Waals surface area contributed by atoms with Crippen LogP contribution >= 0.6 is 0 Å². The predicted octanol–water partition coefficient (Wildman–Crippen LogP) is 0.789. The average Bonchev–Trinajstić information content (AvgIpc) is 3.06. The SMILES string of the molecule is CC(C)NC(C)(CCN1CCC(N2CCCC2)C1)C(N)=O. The van der Waals surface area contributed by atoms with Crippen LogP contribution in [0.1, 0.15) is 46.5 Å². The first-order chi connectivity index (χ1) is 9.90. The van der Waals surface area contributed by atoms with Gasteiger partial charge in [0.15, 0.2) is 0 Å². The van der Waals surface area contributed by atoms with Crippen LogP contribution in [0, 0.1) is 0 Å². The van der Waals surface area contributed by atoms with Gasteiger partial charge in [-0.3, -0.25) is 9.69 Å². The number of rotatable bonds is 7.